The van der Waals surface area contributed by atoms with Crippen LogP contribution in [0.5, 0.6) is 5.75 Å². The predicted octanol–water partition coefficient (Wildman–Crippen LogP) is 5.22. The zero-order valence-corrected chi connectivity index (χ0v) is 18.0. The predicted molar refractivity (Wildman–Crippen MR) is 114 cm³/mol. The molecule has 0 saturated carbocycles. The summed E-state index contributed by atoms with van der Waals surface area (Å²) in [5.74, 6) is -1.74. The molecule has 5 nitrogen and oxygen atoms in total. The zero-order valence-electron chi connectivity index (χ0n) is 17.1. The average molecular weight is 430 g/mol. The monoisotopic (exact) mass is 429 g/mol. The molecule has 1 atom stereocenters. The second-order valence-corrected chi connectivity index (χ2v) is 7.88. The third kappa shape index (κ3) is 4.86. The molecule has 0 spiro atoms. The number of hydrogen-bond donors (Lipinski definition) is 1. The van der Waals surface area contributed by atoms with Crippen molar-refractivity contribution < 1.29 is 23.8 Å². The summed E-state index contributed by atoms with van der Waals surface area (Å²) < 4.78 is 25.4. The number of carbonyl (C=O) groups is 1. The largest absolute Gasteiger partial charge is 0.490 e. The highest BCUT2D eigenvalue weighted by Gasteiger charge is 2.36. The Labute approximate surface area is 179 Å². The van der Waals surface area contributed by atoms with E-state index in [9.17, 15) is 14.3 Å². The molecule has 158 valence electrons. The number of halogens is 1. The summed E-state index contributed by atoms with van der Waals surface area (Å²) in [5.41, 5.74) is 1.75. The van der Waals surface area contributed by atoms with Gasteiger partial charge in [-0.2, -0.15) is 0 Å². The third-order valence-corrected chi connectivity index (χ3v) is 5.73. The van der Waals surface area contributed by atoms with Crippen molar-refractivity contribution in [2.24, 2.45) is 0 Å². The van der Waals surface area contributed by atoms with Crippen LogP contribution in [-0.4, -0.2) is 29.3 Å². The number of thiazole rings is 1. The van der Waals surface area contributed by atoms with Gasteiger partial charge in [-0.15, -0.1) is 11.3 Å². The van der Waals surface area contributed by atoms with Gasteiger partial charge in [-0.05, 0) is 38.5 Å². The Morgan fingerprint density at radius 2 is 1.97 bits per heavy atom. The van der Waals surface area contributed by atoms with Crippen molar-refractivity contribution in [1.29, 1.82) is 0 Å². The van der Waals surface area contributed by atoms with E-state index in [4.69, 9.17) is 9.47 Å². The topological polar surface area (TPSA) is 68.7 Å². The van der Waals surface area contributed by atoms with Crippen molar-refractivity contribution in [1.82, 2.24) is 4.98 Å². The summed E-state index contributed by atoms with van der Waals surface area (Å²) in [7, 11) is 0. The lowest BCUT2D eigenvalue weighted by atomic mass is 9.95. The van der Waals surface area contributed by atoms with E-state index in [1.165, 1.54) is 24.6 Å². The van der Waals surface area contributed by atoms with Crippen molar-refractivity contribution in [2.75, 3.05) is 13.2 Å². The van der Waals surface area contributed by atoms with Crippen LogP contribution in [0.2, 0.25) is 0 Å². The number of benzene rings is 2. The van der Waals surface area contributed by atoms with E-state index in [-0.39, 0.29) is 24.5 Å². The minimum absolute atomic E-state index is 0.0666. The van der Waals surface area contributed by atoms with E-state index in [2.05, 4.69) is 4.98 Å². The van der Waals surface area contributed by atoms with Crippen LogP contribution in [0.15, 0.2) is 47.8 Å². The van der Waals surface area contributed by atoms with Gasteiger partial charge >= 0.3 is 5.97 Å². The van der Waals surface area contributed by atoms with Crippen LogP contribution < -0.4 is 4.74 Å². The van der Waals surface area contributed by atoms with Gasteiger partial charge in [-0.25, -0.2) is 14.2 Å². The first kappa shape index (κ1) is 21.9. The molecular weight excluding hydrogens is 405 g/mol. The van der Waals surface area contributed by atoms with Crippen molar-refractivity contribution >= 4 is 17.3 Å². The molecule has 1 aromatic heterocycles. The van der Waals surface area contributed by atoms with E-state index in [1.807, 2.05) is 36.6 Å². The highest BCUT2D eigenvalue weighted by Crippen LogP contribution is 2.30. The van der Waals surface area contributed by atoms with E-state index >= 15 is 0 Å². The molecule has 1 N–H and O–H groups in total. The van der Waals surface area contributed by atoms with Crippen molar-refractivity contribution in [3.8, 4) is 16.3 Å². The molecule has 0 aliphatic heterocycles. The van der Waals surface area contributed by atoms with Gasteiger partial charge in [-0.1, -0.05) is 35.9 Å². The smallest absolute Gasteiger partial charge is 0.340 e. The molecule has 1 unspecified atom stereocenters. The Balaban J connectivity index is 1.63. The number of carboxylic acid groups (broad SMARTS) is 1. The molecule has 0 bridgehead atoms. The fraction of sp³-hybridized carbons (Fsp3) is 0.304. The number of ether oxygens (including phenoxy) is 2. The number of carboxylic acids is 1. The zero-order chi connectivity index (χ0) is 21.7. The van der Waals surface area contributed by atoms with Gasteiger partial charge in [0.25, 0.3) is 0 Å². The molecule has 0 saturated heterocycles. The van der Waals surface area contributed by atoms with Gasteiger partial charge in [0.2, 0.25) is 0 Å². The van der Waals surface area contributed by atoms with E-state index in [0.717, 1.165) is 22.3 Å². The van der Waals surface area contributed by atoms with Crippen molar-refractivity contribution in [2.45, 2.75) is 32.8 Å². The fourth-order valence-electron chi connectivity index (χ4n) is 2.99. The minimum Gasteiger partial charge on any atom is -0.490 e. The van der Waals surface area contributed by atoms with Crippen LogP contribution in [0, 0.1) is 12.7 Å². The summed E-state index contributed by atoms with van der Waals surface area (Å²) >= 11 is 1.56. The van der Waals surface area contributed by atoms with Crippen LogP contribution in [0.1, 0.15) is 30.7 Å². The van der Waals surface area contributed by atoms with Gasteiger partial charge in [0, 0.05) is 24.0 Å². The minimum atomic E-state index is -1.61. The van der Waals surface area contributed by atoms with E-state index < -0.39 is 17.4 Å². The van der Waals surface area contributed by atoms with Gasteiger partial charge < -0.3 is 14.6 Å². The van der Waals surface area contributed by atoms with Crippen LogP contribution in [-0.2, 0) is 21.6 Å². The molecular formula is C23H24FNO4S. The van der Waals surface area contributed by atoms with Crippen molar-refractivity contribution in [3.63, 3.8) is 0 Å². The molecule has 0 aliphatic rings. The second kappa shape index (κ2) is 9.36. The number of rotatable bonds is 9. The van der Waals surface area contributed by atoms with Crippen LogP contribution in [0.4, 0.5) is 4.39 Å². The Bertz CT molecular complexity index is 1020. The number of nitrogens with zero attached hydrogens (tertiary/aromatic N) is 1. The Hall–Kier alpha value is -2.77. The molecule has 2 aromatic carbocycles. The molecule has 0 amide bonds. The maximum Gasteiger partial charge on any atom is 0.340 e. The van der Waals surface area contributed by atoms with Gasteiger partial charge in [0.1, 0.15) is 5.01 Å². The molecule has 0 aliphatic carbocycles. The molecule has 1 heterocycles. The average Bonchev–Trinajstić information content (AvgIpc) is 3.18. The molecule has 3 aromatic rings. The summed E-state index contributed by atoms with van der Waals surface area (Å²) in [6.45, 7) is 5.59. The first-order chi connectivity index (χ1) is 14.3. The fourth-order valence-corrected chi connectivity index (χ4v) is 3.85. The SMILES string of the molecule is CCOC(C)(C(=O)O)c1ccc(OCCc2csc(-c3ccc(C)cc3)n2)c(F)c1. The van der Waals surface area contributed by atoms with Gasteiger partial charge in [-0.3, -0.25) is 0 Å². The molecule has 0 radical (unpaired) electrons. The normalized spacial score (nSPS) is 13.1. The quantitative estimate of drug-likeness (QED) is 0.505. The standard InChI is InChI=1S/C23H24FNO4S/c1-4-29-23(3,22(26)27)17-9-10-20(19(24)13-17)28-12-11-18-14-30-21(25-18)16-7-5-15(2)6-8-16/h5-10,13-14H,4,11-12H2,1-3H3,(H,26,27). The molecule has 30 heavy (non-hydrogen) atoms. The first-order valence-corrected chi connectivity index (χ1v) is 10.5. The maximum absolute atomic E-state index is 14.5. The van der Waals surface area contributed by atoms with Crippen LogP contribution in [0.25, 0.3) is 10.6 Å². The van der Waals surface area contributed by atoms with E-state index in [0.29, 0.717) is 6.42 Å². The van der Waals surface area contributed by atoms with Gasteiger partial charge in [0.05, 0.1) is 12.3 Å². The molecule has 3 rings (SSSR count). The lowest BCUT2D eigenvalue weighted by molar-refractivity contribution is -0.164. The maximum atomic E-state index is 14.5. The number of hydrogen-bond acceptors (Lipinski definition) is 5. The number of aryl methyl sites for hydroxylation is 1. The number of aliphatic carboxylic acids is 1. The lowest BCUT2D eigenvalue weighted by Gasteiger charge is -2.25. The molecule has 7 heteroatoms. The lowest BCUT2D eigenvalue weighted by Crippen LogP contribution is -2.35. The Morgan fingerprint density at radius 1 is 1.23 bits per heavy atom. The first-order valence-electron chi connectivity index (χ1n) is 9.65. The van der Waals surface area contributed by atoms with E-state index in [1.54, 1.807) is 18.3 Å². The molecule has 0 fully saturated rings. The van der Waals surface area contributed by atoms with Crippen molar-refractivity contribution in [3.05, 3.63) is 70.5 Å². The second-order valence-electron chi connectivity index (χ2n) is 7.03. The summed E-state index contributed by atoms with van der Waals surface area (Å²) in [6.07, 6.45) is 0.537. The third-order valence-electron chi connectivity index (χ3n) is 4.79. The van der Waals surface area contributed by atoms with Crippen LogP contribution >= 0.6 is 11.3 Å². The number of aromatic nitrogens is 1. The Morgan fingerprint density at radius 3 is 2.60 bits per heavy atom. The van der Waals surface area contributed by atoms with Crippen LogP contribution in [0.3, 0.4) is 0 Å². The highest BCUT2D eigenvalue weighted by atomic mass is 32.1. The highest BCUT2D eigenvalue weighted by molar-refractivity contribution is 7.13. The Kier molecular flexibility index (Phi) is 6.84. The summed E-state index contributed by atoms with van der Waals surface area (Å²) in [6, 6.07) is 12.3. The van der Waals surface area contributed by atoms with Gasteiger partial charge in [0.15, 0.2) is 17.2 Å². The summed E-state index contributed by atoms with van der Waals surface area (Å²) in [4.78, 5) is 16.2. The summed E-state index contributed by atoms with van der Waals surface area (Å²) in [5, 5.41) is 12.4.